The SMILES string of the molecule is CC(C(=O)N1CCC(F)(F)CC1)n1cc(Br)cn1. The van der Waals surface area contributed by atoms with Gasteiger partial charge in [-0.05, 0) is 22.9 Å². The van der Waals surface area contributed by atoms with Gasteiger partial charge in [0.15, 0.2) is 0 Å². The minimum absolute atomic E-state index is 0.110. The minimum Gasteiger partial charge on any atom is -0.340 e. The zero-order chi connectivity index (χ0) is 13.3. The summed E-state index contributed by atoms with van der Waals surface area (Å²) in [5, 5.41) is 4.03. The van der Waals surface area contributed by atoms with Crippen LogP contribution in [0.4, 0.5) is 8.78 Å². The molecule has 1 saturated heterocycles. The normalized spacial score (nSPS) is 20.8. The Morgan fingerprint density at radius 3 is 2.61 bits per heavy atom. The number of nitrogens with zero attached hydrogens (tertiary/aromatic N) is 3. The summed E-state index contributed by atoms with van der Waals surface area (Å²) in [6.07, 6.45) is 2.78. The molecule has 0 aliphatic carbocycles. The first kappa shape index (κ1) is 13.5. The maximum absolute atomic E-state index is 13.0. The number of hydrogen-bond acceptors (Lipinski definition) is 2. The van der Waals surface area contributed by atoms with Crippen LogP contribution < -0.4 is 0 Å². The highest BCUT2D eigenvalue weighted by atomic mass is 79.9. The van der Waals surface area contributed by atoms with E-state index in [1.807, 2.05) is 0 Å². The molecule has 2 rings (SSSR count). The Hall–Kier alpha value is -0.980. The van der Waals surface area contributed by atoms with Gasteiger partial charge in [-0.15, -0.1) is 0 Å². The van der Waals surface area contributed by atoms with Gasteiger partial charge in [0, 0.05) is 32.1 Å². The fourth-order valence-electron chi connectivity index (χ4n) is 1.96. The molecular weight excluding hydrogens is 308 g/mol. The lowest BCUT2D eigenvalue weighted by atomic mass is 10.1. The molecule has 0 bridgehead atoms. The molecular formula is C11H14BrF2N3O. The van der Waals surface area contributed by atoms with E-state index in [2.05, 4.69) is 21.0 Å². The molecule has 7 heteroatoms. The largest absolute Gasteiger partial charge is 0.340 e. The van der Waals surface area contributed by atoms with Gasteiger partial charge < -0.3 is 4.90 Å². The predicted octanol–water partition coefficient (Wildman–Crippen LogP) is 2.46. The van der Waals surface area contributed by atoms with Gasteiger partial charge in [0.1, 0.15) is 6.04 Å². The highest BCUT2D eigenvalue weighted by Gasteiger charge is 2.36. The molecule has 1 fully saturated rings. The summed E-state index contributed by atoms with van der Waals surface area (Å²) in [7, 11) is 0. The van der Waals surface area contributed by atoms with E-state index in [1.165, 1.54) is 9.58 Å². The van der Waals surface area contributed by atoms with Crippen molar-refractivity contribution in [3.63, 3.8) is 0 Å². The topological polar surface area (TPSA) is 38.1 Å². The molecule has 1 aromatic rings. The second-order valence-corrected chi connectivity index (χ2v) is 5.41. The Kier molecular flexibility index (Phi) is 3.70. The minimum atomic E-state index is -2.63. The second kappa shape index (κ2) is 4.95. The molecule has 0 N–H and O–H groups in total. The van der Waals surface area contributed by atoms with Gasteiger partial charge in [-0.3, -0.25) is 9.48 Å². The zero-order valence-corrected chi connectivity index (χ0v) is 11.5. The van der Waals surface area contributed by atoms with Crippen molar-refractivity contribution in [1.29, 1.82) is 0 Å². The monoisotopic (exact) mass is 321 g/mol. The summed E-state index contributed by atoms with van der Waals surface area (Å²) >= 11 is 3.25. The highest BCUT2D eigenvalue weighted by Crippen LogP contribution is 2.28. The van der Waals surface area contributed by atoms with Crippen LogP contribution in [-0.2, 0) is 4.79 Å². The van der Waals surface area contributed by atoms with Crippen LogP contribution in [-0.4, -0.2) is 39.6 Å². The zero-order valence-electron chi connectivity index (χ0n) is 9.94. The van der Waals surface area contributed by atoms with E-state index in [0.29, 0.717) is 0 Å². The van der Waals surface area contributed by atoms with Crippen LogP contribution in [0, 0.1) is 0 Å². The predicted molar refractivity (Wildman–Crippen MR) is 65.4 cm³/mol. The van der Waals surface area contributed by atoms with Crippen molar-refractivity contribution in [3.8, 4) is 0 Å². The third kappa shape index (κ3) is 2.88. The third-order valence-corrected chi connectivity index (χ3v) is 3.54. The maximum Gasteiger partial charge on any atom is 0.251 e. The number of hydrogen-bond donors (Lipinski definition) is 0. The van der Waals surface area contributed by atoms with Gasteiger partial charge >= 0.3 is 0 Å². The van der Waals surface area contributed by atoms with Crippen molar-refractivity contribution in [2.24, 2.45) is 0 Å². The van der Waals surface area contributed by atoms with Gasteiger partial charge in [-0.25, -0.2) is 8.78 Å². The summed E-state index contributed by atoms with van der Waals surface area (Å²) in [6, 6.07) is -0.469. The van der Waals surface area contributed by atoms with Crippen molar-refractivity contribution in [1.82, 2.24) is 14.7 Å². The van der Waals surface area contributed by atoms with Crippen LogP contribution in [0.25, 0.3) is 0 Å². The number of halogens is 3. The van der Waals surface area contributed by atoms with Crippen LogP contribution in [0.15, 0.2) is 16.9 Å². The van der Waals surface area contributed by atoms with E-state index < -0.39 is 12.0 Å². The van der Waals surface area contributed by atoms with Crippen LogP contribution >= 0.6 is 15.9 Å². The Morgan fingerprint density at radius 1 is 1.50 bits per heavy atom. The Morgan fingerprint density at radius 2 is 2.11 bits per heavy atom. The maximum atomic E-state index is 13.0. The molecule has 0 spiro atoms. The number of alkyl halides is 2. The van der Waals surface area contributed by atoms with E-state index in [1.54, 1.807) is 19.3 Å². The Balaban J connectivity index is 2.00. The van der Waals surface area contributed by atoms with E-state index in [9.17, 15) is 13.6 Å². The third-order valence-electron chi connectivity index (χ3n) is 3.13. The fourth-order valence-corrected chi connectivity index (χ4v) is 2.26. The number of amides is 1. The lowest BCUT2D eigenvalue weighted by molar-refractivity contribution is -0.140. The molecule has 4 nitrogen and oxygen atoms in total. The summed E-state index contributed by atoms with van der Waals surface area (Å²) in [5.74, 6) is -2.80. The van der Waals surface area contributed by atoms with E-state index in [0.717, 1.165) is 4.47 Å². The first-order valence-corrected chi connectivity index (χ1v) is 6.55. The van der Waals surface area contributed by atoms with Crippen molar-refractivity contribution >= 4 is 21.8 Å². The molecule has 1 unspecified atom stereocenters. The summed E-state index contributed by atoms with van der Waals surface area (Å²) in [6.45, 7) is 1.94. The molecule has 0 aromatic carbocycles. The summed E-state index contributed by atoms with van der Waals surface area (Å²) in [4.78, 5) is 13.6. The molecule has 1 amide bonds. The van der Waals surface area contributed by atoms with Crippen LogP contribution in [0.2, 0.25) is 0 Å². The second-order valence-electron chi connectivity index (χ2n) is 4.50. The van der Waals surface area contributed by atoms with Gasteiger partial charge in [-0.1, -0.05) is 0 Å². The van der Waals surface area contributed by atoms with Gasteiger partial charge in [0.05, 0.1) is 10.7 Å². The van der Waals surface area contributed by atoms with Gasteiger partial charge in [0.2, 0.25) is 5.91 Å². The number of carbonyl (C=O) groups is 1. The van der Waals surface area contributed by atoms with Crippen molar-refractivity contribution < 1.29 is 13.6 Å². The number of likely N-dealkylation sites (tertiary alicyclic amines) is 1. The lowest BCUT2D eigenvalue weighted by Gasteiger charge is -2.33. The van der Waals surface area contributed by atoms with E-state index in [4.69, 9.17) is 0 Å². The average molecular weight is 322 g/mol. The van der Waals surface area contributed by atoms with Crippen LogP contribution in [0.1, 0.15) is 25.8 Å². The molecule has 2 heterocycles. The van der Waals surface area contributed by atoms with Crippen molar-refractivity contribution in [2.45, 2.75) is 31.7 Å². The average Bonchev–Trinajstić information content (AvgIpc) is 2.74. The number of piperidine rings is 1. The number of carbonyl (C=O) groups excluding carboxylic acids is 1. The molecule has 100 valence electrons. The van der Waals surface area contributed by atoms with Crippen molar-refractivity contribution in [3.05, 3.63) is 16.9 Å². The van der Waals surface area contributed by atoms with Crippen LogP contribution in [0.5, 0.6) is 0 Å². The number of aromatic nitrogens is 2. The summed E-state index contributed by atoms with van der Waals surface area (Å²) in [5.41, 5.74) is 0. The van der Waals surface area contributed by atoms with Gasteiger partial charge in [-0.2, -0.15) is 5.10 Å². The molecule has 18 heavy (non-hydrogen) atoms. The smallest absolute Gasteiger partial charge is 0.251 e. The first-order chi connectivity index (χ1) is 8.39. The Bertz CT molecular complexity index is 439. The lowest BCUT2D eigenvalue weighted by Crippen LogP contribution is -2.45. The van der Waals surface area contributed by atoms with Crippen LogP contribution in [0.3, 0.4) is 0 Å². The molecule has 0 radical (unpaired) electrons. The molecule has 1 aliphatic heterocycles. The fraction of sp³-hybridized carbons (Fsp3) is 0.636. The highest BCUT2D eigenvalue weighted by molar-refractivity contribution is 9.10. The molecule has 1 atom stereocenters. The molecule has 1 aromatic heterocycles. The number of rotatable bonds is 2. The molecule has 1 aliphatic rings. The quantitative estimate of drug-likeness (QED) is 0.839. The summed E-state index contributed by atoms with van der Waals surface area (Å²) < 4.78 is 28.3. The van der Waals surface area contributed by atoms with Crippen molar-refractivity contribution in [2.75, 3.05) is 13.1 Å². The standard InChI is InChI=1S/C11H14BrF2N3O/c1-8(17-7-9(12)6-15-17)10(18)16-4-2-11(13,14)3-5-16/h6-8H,2-5H2,1H3. The van der Waals surface area contributed by atoms with E-state index in [-0.39, 0.29) is 31.8 Å². The Labute approximate surface area is 112 Å². The van der Waals surface area contributed by atoms with Gasteiger partial charge in [0.25, 0.3) is 5.92 Å². The molecule has 0 saturated carbocycles. The van der Waals surface area contributed by atoms with E-state index >= 15 is 0 Å². The first-order valence-electron chi connectivity index (χ1n) is 5.75.